The number of hydrogen-bond donors (Lipinski definition) is 1. The van der Waals surface area contributed by atoms with Gasteiger partial charge in [0.25, 0.3) is 0 Å². The highest BCUT2D eigenvalue weighted by atomic mass is 16.5. The Balaban J connectivity index is 1.74. The Labute approximate surface area is 131 Å². The first kappa shape index (κ1) is 16.3. The van der Waals surface area contributed by atoms with Crippen LogP contribution in [0.15, 0.2) is 48.5 Å². The van der Waals surface area contributed by atoms with Crippen LogP contribution in [0.2, 0.25) is 0 Å². The summed E-state index contributed by atoms with van der Waals surface area (Å²) in [4.78, 5) is 0. The maximum absolute atomic E-state index is 9.30. The van der Waals surface area contributed by atoms with E-state index in [0.717, 1.165) is 16.9 Å². The minimum Gasteiger partial charge on any atom is -0.508 e. The molecule has 1 N–H and O–H groups in total. The molecule has 2 aromatic carbocycles. The van der Waals surface area contributed by atoms with Crippen molar-refractivity contribution in [2.24, 2.45) is 0 Å². The van der Waals surface area contributed by atoms with Crippen molar-refractivity contribution in [1.82, 2.24) is 0 Å². The standard InChI is InChI=1S/C18H22O4/c1-2-20-11-12-21-13-14-22-18-9-5-16(6-10-18)15-3-7-17(19)8-4-15/h3-10,19H,2,11-14H2,1H3. The van der Waals surface area contributed by atoms with E-state index in [4.69, 9.17) is 14.2 Å². The van der Waals surface area contributed by atoms with E-state index in [-0.39, 0.29) is 5.75 Å². The van der Waals surface area contributed by atoms with Gasteiger partial charge in [0.2, 0.25) is 0 Å². The molecule has 118 valence electrons. The lowest BCUT2D eigenvalue weighted by molar-refractivity contribution is 0.0405. The number of hydrogen-bond acceptors (Lipinski definition) is 4. The molecule has 0 spiro atoms. The third-order valence-corrected chi connectivity index (χ3v) is 3.13. The van der Waals surface area contributed by atoms with E-state index in [2.05, 4.69) is 0 Å². The highest BCUT2D eigenvalue weighted by Gasteiger charge is 1.99. The maximum atomic E-state index is 9.30. The summed E-state index contributed by atoms with van der Waals surface area (Å²) in [7, 11) is 0. The third-order valence-electron chi connectivity index (χ3n) is 3.13. The highest BCUT2D eigenvalue weighted by molar-refractivity contribution is 5.64. The van der Waals surface area contributed by atoms with Gasteiger partial charge in [-0.1, -0.05) is 24.3 Å². The van der Waals surface area contributed by atoms with Gasteiger partial charge in [0.1, 0.15) is 18.1 Å². The molecule has 0 fully saturated rings. The molecule has 4 heteroatoms. The molecular weight excluding hydrogens is 280 g/mol. The molecule has 0 bridgehead atoms. The topological polar surface area (TPSA) is 47.9 Å². The Hall–Kier alpha value is -2.04. The van der Waals surface area contributed by atoms with Crippen molar-refractivity contribution in [3.63, 3.8) is 0 Å². The van der Waals surface area contributed by atoms with E-state index in [9.17, 15) is 5.11 Å². The lowest BCUT2D eigenvalue weighted by Crippen LogP contribution is -2.10. The average Bonchev–Trinajstić information content (AvgIpc) is 2.55. The molecule has 0 saturated carbocycles. The summed E-state index contributed by atoms with van der Waals surface area (Å²) in [6.07, 6.45) is 0. The van der Waals surface area contributed by atoms with Crippen LogP contribution in [0.1, 0.15) is 6.92 Å². The molecule has 0 aliphatic heterocycles. The zero-order valence-electron chi connectivity index (χ0n) is 12.8. The van der Waals surface area contributed by atoms with Crippen molar-refractivity contribution in [3.8, 4) is 22.6 Å². The van der Waals surface area contributed by atoms with Gasteiger partial charge in [-0.3, -0.25) is 0 Å². The minimum absolute atomic E-state index is 0.271. The van der Waals surface area contributed by atoms with Crippen molar-refractivity contribution in [1.29, 1.82) is 0 Å². The zero-order chi connectivity index (χ0) is 15.6. The van der Waals surface area contributed by atoms with Crippen LogP contribution in [-0.2, 0) is 9.47 Å². The second-order valence-electron chi connectivity index (χ2n) is 4.73. The van der Waals surface area contributed by atoms with Gasteiger partial charge in [-0.05, 0) is 42.3 Å². The van der Waals surface area contributed by atoms with Gasteiger partial charge >= 0.3 is 0 Å². The van der Waals surface area contributed by atoms with E-state index < -0.39 is 0 Å². The van der Waals surface area contributed by atoms with Gasteiger partial charge in [0.05, 0.1) is 19.8 Å². The summed E-state index contributed by atoms with van der Waals surface area (Å²) < 4.78 is 16.2. The predicted molar refractivity (Wildman–Crippen MR) is 86.3 cm³/mol. The fourth-order valence-electron chi connectivity index (χ4n) is 1.98. The molecule has 0 heterocycles. The quantitative estimate of drug-likeness (QED) is 0.720. The van der Waals surface area contributed by atoms with E-state index in [1.165, 1.54) is 0 Å². The number of phenolic OH excluding ortho intramolecular Hbond substituents is 1. The van der Waals surface area contributed by atoms with E-state index in [1.54, 1.807) is 12.1 Å². The fraction of sp³-hybridized carbons (Fsp3) is 0.333. The Kier molecular flexibility index (Phi) is 6.74. The van der Waals surface area contributed by atoms with Crippen LogP contribution in [0.5, 0.6) is 11.5 Å². The first-order valence-corrected chi connectivity index (χ1v) is 7.47. The van der Waals surface area contributed by atoms with Crippen LogP contribution in [0.25, 0.3) is 11.1 Å². The van der Waals surface area contributed by atoms with Gasteiger partial charge in [-0.15, -0.1) is 0 Å². The normalized spacial score (nSPS) is 10.6. The Morgan fingerprint density at radius 1 is 0.727 bits per heavy atom. The Morgan fingerprint density at radius 3 is 1.91 bits per heavy atom. The number of benzene rings is 2. The molecule has 0 aliphatic carbocycles. The molecule has 2 rings (SSSR count). The van der Waals surface area contributed by atoms with Crippen LogP contribution in [0.3, 0.4) is 0 Å². The molecule has 0 amide bonds. The fourth-order valence-corrected chi connectivity index (χ4v) is 1.98. The number of phenols is 1. The van der Waals surface area contributed by atoms with Crippen molar-refractivity contribution in [3.05, 3.63) is 48.5 Å². The monoisotopic (exact) mass is 302 g/mol. The van der Waals surface area contributed by atoms with Crippen LogP contribution in [0.4, 0.5) is 0 Å². The van der Waals surface area contributed by atoms with Gasteiger partial charge < -0.3 is 19.3 Å². The smallest absolute Gasteiger partial charge is 0.119 e. The van der Waals surface area contributed by atoms with E-state index in [1.807, 2.05) is 43.3 Å². The van der Waals surface area contributed by atoms with Crippen LogP contribution in [0, 0.1) is 0 Å². The summed E-state index contributed by atoms with van der Waals surface area (Å²) in [6, 6.07) is 15.0. The number of ether oxygens (including phenoxy) is 3. The highest BCUT2D eigenvalue weighted by Crippen LogP contribution is 2.24. The lowest BCUT2D eigenvalue weighted by Gasteiger charge is -2.08. The Morgan fingerprint density at radius 2 is 1.27 bits per heavy atom. The SMILES string of the molecule is CCOCCOCCOc1ccc(-c2ccc(O)cc2)cc1. The summed E-state index contributed by atoms with van der Waals surface area (Å²) >= 11 is 0. The number of aromatic hydroxyl groups is 1. The molecule has 0 radical (unpaired) electrons. The van der Waals surface area contributed by atoms with Crippen molar-refractivity contribution in [2.75, 3.05) is 33.0 Å². The Bertz CT molecular complexity index is 534. The first-order valence-electron chi connectivity index (χ1n) is 7.47. The second-order valence-corrected chi connectivity index (χ2v) is 4.73. The summed E-state index contributed by atoms with van der Waals surface area (Å²) in [5, 5.41) is 9.30. The minimum atomic E-state index is 0.271. The largest absolute Gasteiger partial charge is 0.508 e. The van der Waals surface area contributed by atoms with E-state index in [0.29, 0.717) is 33.0 Å². The third kappa shape index (κ3) is 5.39. The van der Waals surface area contributed by atoms with Crippen LogP contribution >= 0.6 is 0 Å². The molecule has 22 heavy (non-hydrogen) atoms. The van der Waals surface area contributed by atoms with Crippen LogP contribution in [-0.4, -0.2) is 38.1 Å². The van der Waals surface area contributed by atoms with Crippen LogP contribution < -0.4 is 4.74 Å². The summed E-state index contributed by atoms with van der Waals surface area (Å²) in [5.41, 5.74) is 2.14. The predicted octanol–water partition coefficient (Wildman–Crippen LogP) is 3.49. The summed E-state index contributed by atoms with van der Waals surface area (Å²) in [5.74, 6) is 1.09. The summed E-state index contributed by atoms with van der Waals surface area (Å²) in [6.45, 7) is 4.96. The van der Waals surface area contributed by atoms with Gasteiger partial charge in [0, 0.05) is 6.61 Å². The molecule has 2 aromatic rings. The zero-order valence-corrected chi connectivity index (χ0v) is 12.8. The van der Waals surface area contributed by atoms with Gasteiger partial charge in [0.15, 0.2) is 0 Å². The molecular formula is C18H22O4. The molecule has 0 saturated heterocycles. The van der Waals surface area contributed by atoms with E-state index >= 15 is 0 Å². The van der Waals surface area contributed by atoms with Crippen molar-refractivity contribution in [2.45, 2.75) is 6.92 Å². The van der Waals surface area contributed by atoms with Crippen molar-refractivity contribution < 1.29 is 19.3 Å². The molecule has 0 aliphatic rings. The van der Waals surface area contributed by atoms with Crippen molar-refractivity contribution >= 4 is 0 Å². The first-order chi connectivity index (χ1) is 10.8. The second kappa shape index (κ2) is 9.07. The molecule has 0 unspecified atom stereocenters. The molecule has 0 atom stereocenters. The molecule has 4 nitrogen and oxygen atoms in total. The number of rotatable bonds is 9. The lowest BCUT2D eigenvalue weighted by atomic mass is 10.1. The van der Waals surface area contributed by atoms with Gasteiger partial charge in [-0.2, -0.15) is 0 Å². The maximum Gasteiger partial charge on any atom is 0.119 e. The average molecular weight is 302 g/mol. The molecule has 0 aromatic heterocycles. The van der Waals surface area contributed by atoms with Gasteiger partial charge in [-0.25, -0.2) is 0 Å².